The second kappa shape index (κ2) is 9.88. The first-order valence-electron chi connectivity index (χ1n) is 9.97. The molecule has 1 heterocycles. The average molecular weight is 427 g/mol. The van der Waals surface area contributed by atoms with Gasteiger partial charge in [-0.2, -0.15) is 13.2 Å². The molecular formula is C22H29F3NO2P. The molecule has 0 amide bonds. The van der Waals surface area contributed by atoms with Gasteiger partial charge in [-0.3, -0.25) is 4.79 Å². The van der Waals surface area contributed by atoms with Gasteiger partial charge in [0.2, 0.25) is 0 Å². The van der Waals surface area contributed by atoms with E-state index in [9.17, 15) is 18.0 Å². The summed E-state index contributed by atoms with van der Waals surface area (Å²) in [4.78, 5) is 16.2. The van der Waals surface area contributed by atoms with Gasteiger partial charge in [-0.25, -0.2) is 4.98 Å². The van der Waals surface area contributed by atoms with E-state index in [-0.39, 0.29) is 32.0 Å². The molecule has 29 heavy (non-hydrogen) atoms. The maximum absolute atomic E-state index is 13.5. The Morgan fingerprint density at radius 2 is 1.93 bits per heavy atom. The number of ether oxygens (including phenoxy) is 1. The molecule has 2 aromatic rings. The molecule has 7 heteroatoms. The van der Waals surface area contributed by atoms with Crippen LogP contribution in [0.2, 0.25) is 0 Å². The summed E-state index contributed by atoms with van der Waals surface area (Å²) >= 11 is 0. The first-order valence-corrected chi connectivity index (χ1v) is 11.3. The van der Waals surface area contributed by atoms with Gasteiger partial charge in [-0.15, -0.1) is 8.58 Å². The van der Waals surface area contributed by atoms with Crippen LogP contribution >= 0.6 is 8.58 Å². The Labute approximate surface area is 172 Å². The number of aromatic nitrogens is 1. The first kappa shape index (κ1) is 23.6. The zero-order valence-corrected chi connectivity index (χ0v) is 18.6. The van der Waals surface area contributed by atoms with Crippen LogP contribution in [-0.4, -0.2) is 29.4 Å². The van der Waals surface area contributed by atoms with Crippen LogP contribution in [0.5, 0.6) is 0 Å². The molecule has 0 N–H and O–H groups in total. The highest BCUT2D eigenvalue weighted by atomic mass is 31.1. The first-order chi connectivity index (χ1) is 13.6. The molecular weight excluding hydrogens is 398 g/mol. The van der Waals surface area contributed by atoms with Crippen molar-refractivity contribution in [2.24, 2.45) is 5.92 Å². The molecule has 1 aromatic carbocycles. The largest absolute Gasteiger partial charge is 0.466 e. The zero-order valence-electron chi connectivity index (χ0n) is 17.6. The Bertz CT molecular complexity index is 852. The van der Waals surface area contributed by atoms with Crippen LogP contribution in [0, 0.1) is 12.8 Å². The number of fused-ring (bicyclic) bond motifs is 1. The molecule has 3 unspecified atom stereocenters. The lowest BCUT2D eigenvalue weighted by atomic mass is 9.93. The highest BCUT2D eigenvalue weighted by molar-refractivity contribution is 7.40. The monoisotopic (exact) mass is 427 g/mol. The number of hydrogen-bond acceptors (Lipinski definition) is 3. The van der Waals surface area contributed by atoms with Gasteiger partial charge >= 0.3 is 12.1 Å². The smallest absolute Gasteiger partial charge is 0.433 e. The number of carbonyl (C=O) groups is 1. The highest BCUT2D eigenvalue weighted by Gasteiger charge is 2.34. The molecule has 3 atom stereocenters. The number of aryl methyl sites for hydroxylation is 1. The van der Waals surface area contributed by atoms with E-state index in [1.165, 1.54) is 6.07 Å². The van der Waals surface area contributed by atoms with Crippen molar-refractivity contribution in [1.82, 2.24) is 4.98 Å². The van der Waals surface area contributed by atoms with Crippen LogP contribution in [0.3, 0.4) is 0 Å². The number of halogens is 3. The highest BCUT2D eigenvalue weighted by Crippen LogP contribution is 2.39. The predicted molar refractivity (Wildman–Crippen MR) is 113 cm³/mol. The van der Waals surface area contributed by atoms with E-state index in [4.69, 9.17) is 4.74 Å². The van der Waals surface area contributed by atoms with E-state index in [2.05, 4.69) is 4.98 Å². The van der Waals surface area contributed by atoms with Crippen molar-refractivity contribution in [3.8, 4) is 0 Å². The van der Waals surface area contributed by atoms with Crippen molar-refractivity contribution in [2.45, 2.75) is 58.8 Å². The Balaban J connectivity index is 2.44. The predicted octanol–water partition coefficient (Wildman–Crippen LogP) is 6.32. The van der Waals surface area contributed by atoms with E-state index in [1.807, 2.05) is 32.9 Å². The number of nitrogens with zero attached hydrogens (tertiary/aromatic N) is 1. The summed E-state index contributed by atoms with van der Waals surface area (Å²) in [5.74, 6) is -0.188. The topological polar surface area (TPSA) is 39.2 Å². The van der Waals surface area contributed by atoms with Crippen LogP contribution in [-0.2, 0) is 15.7 Å². The number of carbonyl (C=O) groups excluding carboxylic acids is 1. The fourth-order valence-electron chi connectivity index (χ4n) is 3.47. The third kappa shape index (κ3) is 5.69. The number of esters is 1. The Morgan fingerprint density at radius 3 is 2.48 bits per heavy atom. The van der Waals surface area contributed by atoms with Gasteiger partial charge in [0.05, 0.1) is 17.8 Å². The molecule has 0 spiro atoms. The molecule has 0 aliphatic rings. The van der Waals surface area contributed by atoms with Gasteiger partial charge in [-0.05, 0) is 55.5 Å². The van der Waals surface area contributed by atoms with Gasteiger partial charge in [-0.1, -0.05) is 39.0 Å². The van der Waals surface area contributed by atoms with E-state index in [0.29, 0.717) is 30.3 Å². The fraction of sp³-hybridized carbons (Fsp3) is 0.545. The third-order valence-corrected chi connectivity index (χ3v) is 7.16. The number of rotatable bonds is 8. The molecule has 2 rings (SSSR count). The third-order valence-electron chi connectivity index (χ3n) is 5.09. The molecule has 0 aliphatic carbocycles. The second-order valence-electron chi connectivity index (χ2n) is 7.55. The maximum Gasteiger partial charge on any atom is 0.433 e. The molecule has 0 radical (unpaired) electrons. The zero-order chi connectivity index (χ0) is 21.8. The Kier molecular flexibility index (Phi) is 8.04. The standard InChI is InChI=1S/C22H29F3NO2P/c1-6-15(12-29-20(13(3)4)21(27)28-7-2)17-11-18(22(23,24)25)26-19-14(5)9-8-10-16(17)19/h8-11,13,15,20,29H,6-7,12H2,1-5H3. The molecule has 0 aliphatic heterocycles. The summed E-state index contributed by atoms with van der Waals surface area (Å²) in [7, 11) is 0.282. The normalized spacial score (nSPS) is 14.7. The minimum absolute atomic E-state index is 0.0857. The van der Waals surface area contributed by atoms with Crippen LogP contribution in [0.1, 0.15) is 56.9 Å². The van der Waals surface area contributed by atoms with Gasteiger partial charge in [0, 0.05) is 5.39 Å². The lowest BCUT2D eigenvalue weighted by Gasteiger charge is -2.24. The van der Waals surface area contributed by atoms with E-state index in [0.717, 1.165) is 10.9 Å². The molecule has 0 saturated carbocycles. The van der Waals surface area contributed by atoms with Crippen LogP contribution in [0.15, 0.2) is 24.3 Å². The van der Waals surface area contributed by atoms with Crippen LogP contribution in [0.25, 0.3) is 10.9 Å². The molecule has 0 fully saturated rings. The summed E-state index contributed by atoms with van der Waals surface area (Å²) in [6.07, 6.45) is -3.18. The van der Waals surface area contributed by atoms with Crippen molar-refractivity contribution in [3.63, 3.8) is 0 Å². The lowest BCUT2D eigenvalue weighted by Crippen LogP contribution is -2.25. The van der Waals surface area contributed by atoms with Crippen molar-refractivity contribution < 1.29 is 22.7 Å². The quantitative estimate of drug-likeness (QED) is 0.365. The summed E-state index contributed by atoms with van der Waals surface area (Å²) < 4.78 is 45.6. The van der Waals surface area contributed by atoms with Crippen molar-refractivity contribution in [2.75, 3.05) is 12.8 Å². The number of alkyl halides is 3. The van der Waals surface area contributed by atoms with E-state index < -0.39 is 11.9 Å². The lowest BCUT2D eigenvalue weighted by molar-refractivity contribution is -0.143. The fourth-order valence-corrected chi connectivity index (χ4v) is 5.24. The Morgan fingerprint density at radius 1 is 1.24 bits per heavy atom. The molecule has 3 nitrogen and oxygen atoms in total. The minimum atomic E-state index is -4.50. The van der Waals surface area contributed by atoms with Crippen molar-refractivity contribution >= 4 is 25.5 Å². The van der Waals surface area contributed by atoms with Gasteiger partial charge in [0.1, 0.15) is 5.69 Å². The average Bonchev–Trinajstić information content (AvgIpc) is 2.64. The number of hydrogen-bond donors (Lipinski definition) is 0. The molecule has 0 bridgehead atoms. The molecule has 1 aromatic heterocycles. The van der Waals surface area contributed by atoms with E-state index >= 15 is 0 Å². The van der Waals surface area contributed by atoms with Gasteiger partial charge in [0.15, 0.2) is 0 Å². The molecule has 0 saturated heterocycles. The number of benzene rings is 1. The SMILES string of the molecule is CCOC(=O)C(PCC(CC)c1cc(C(F)(F)F)nc2c(C)cccc12)C(C)C. The summed E-state index contributed by atoms with van der Waals surface area (Å²) in [5.41, 5.74) is 0.679. The van der Waals surface area contributed by atoms with Crippen molar-refractivity contribution in [3.05, 3.63) is 41.1 Å². The van der Waals surface area contributed by atoms with Gasteiger partial charge < -0.3 is 4.74 Å². The van der Waals surface area contributed by atoms with Gasteiger partial charge in [0.25, 0.3) is 0 Å². The van der Waals surface area contributed by atoms with Crippen LogP contribution < -0.4 is 0 Å². The van der Waals surface area contributed by atoms with E-state index in [1.54, 1.807) is 19.9 Å². The minimum Gasteiger partial charge on any atom is -0.466 e. The number of pyridine rings is 1. The second-order valence-corrected chi connectivity index (χ2v) is 8.99. The Hall–Kier alpha value is -1.68. The summed E-state index contributed by atoms with van der Waals surface area (Å²) in [5, 5.41) is 0.756. The van der Waals surface area contributed by atoms with Crippen molar-refractivity contribution in [1.29, 1.82) is 0 Å². The summed E-state index contributed by atoms with van der Waals surface area (Å²) in [6.45, 7) is 9.80. The van der Waals surface area contributed by atoms with Crippen LogP contribution in [0.4, 0.5) is 13.2 Å². The number of para-hydroxylation sites is 1. The maximum atomic E-state index is 13.5. The molecule has 160 valence electrons. The summed E-state index contributed by atoms with van der Waals surface area (Å²) in [6, 6.07) is 6.65.